The molecule has 2 N–H and O–H groups in total. The molecule has 5 aliphatic rings. The van der Waals surface area contributed by atoms with Crippen molar-refractivity contribution in [2.24, 2.45) is 5.92 Å². The Hall–Kier alpha value is -3.44. The topological polar surface area (TPSA) is 106 Å². The Kier molecular flexibility index (Phi) is 9.31. The molecule has 1 aromatic carbocycles. The van der Waals surface area contributed by atoms with Crippen LogP contribution in [0.1, 0.15) is 81.0 Å². The quantitative estimate of drug-likeness (QED) is 0.417. The number of carbonyl (C=O) groups is 2. The van der Waals surface area contributed by atoms with E-state index < -0.39 is 0 Å². The summed E-state index contributed by atoms with van der Waals surface area (Å²) in [6.07, 6.45) is 14.0. The lowest BCUT2D eigenvalue weighted by molar-refractivity contribution is -0.118. The number of piperazine rings is 1. The van der Waals surface area contributed by atoms with Crippen LogP contribution in [0.4, 0.5) is 23.1 Å². The molecular weight excluding hydrogens is 580 g/mol. The van der Waals surface area contributed by atoms with Crippen molar-refractivity contribution in [1.82, 2.24) is 25.1 Å². The molecule has 11 nitrogen and oxygen atoms in total. The van der Waals surface area contributed by atoms with Gasteiger partial charge in [-0.3, -0.25) is 14.5 Å². The van der Waals surface area contributed by atoms with Gasteiger partial charge in [-0.15, -0.1) is 0 Å². The normalized spacial score (nSPS) is 24.9. The highest BCUT2D eigenvalue weighted by Crippen LogP contribution is 2.37. The van der Waals surface area contributed by atoms with E-state index in [1.807, 2.05) is 12.1 Å². The zero-order valence-corrected chi connectivity index (χ0v) is 27.5. The lowest BCUT2D eigenvalue weighted by atomic mass is 9.89. The number of nitrogens with zero attached hydrogens (tertiary/aromatic N) is 6. The smallest absolute Gasteiger partial charge is 0.251 e. The molecule has 0 radical (unpaired) electrons. The van der Waals surface area contributed by atoms with Gasteiger partial charge in [-0.1, -0.05) is 12.8 Å². The summed E-state index contributed by atoms with van der Waals surface area (Å²) in [6, 6.07) is 6.69. The summed E-state index contributed by atoms with van der Waals surface area (Å²) < 4.78 is 5.71. The number of nitrogens with one attached hydrogen (secondary N) is 2. The molecule has 2 amide bonds. The first kappa shape index (κ1) is 31.2. The molecule has 1 saturated heterocycles. The molecular formula is C35H50N8O3. The van der Waals surface area contributed by atoms with E-state index in [0.717, 1.165) is 55.9 Å². The molecule has 0 spiro atoms. The van der Waals surface area contributed by atoms with Gasteiger partial charge in [-0.05, 0) is 75.5 Å². The third kappa shape index (κ3) is 6.95. The Morgan fingerprint density at radius 3 is 2.43 bits per heavy atom. The Balaban J connectivity index is 0.962. The minimum atomic E-state index is -0.0665. The number of carbonyl (C=O) groups excluding carboxylic acids is 2. The molecule has 2 aromatic rings. The molecule has 1 aromatic heterocycles. The van der Waals surface area contributed by atoms with Gasteiger partial charge in [0.25, 0.3) is 5.91 Å². The van der Waals surface area contributed by atoms with E-state index in [1.165, 1.54) is 58.4 Å². The van der Waals surface area contributed by atoms with Gasteiger partial charge in [0.2, 0.25) is 11.9 Å². The van der Waals surface area contributed by atoms with Crippen LogP contribution in [0.5, 0.6) is 5.75 Å². The molecule has 248 valence electrons. The molecule has 46 heavy (non-hydrogen) atoms. The van der Waals surface area contributed by atoms with Crippen molar-refractivity contribution >= 4 is 35.0 Å². The second-order valence-corrected chi connectivity index (χ2v) is 14.0. The van der Waals surface area contributed by atoms with Crippen LogP contribution in [0.15, 0.2) is 24.4 Å². The maximum absolute atomic E-state index is 13.3. The fraction of sp³-hybridized carbons (Fsp3) is 0.657. The van der Waals surface area contributed by atoms with Crippen LogP contribution in [-0.2, 0) is 4.79 Å². The minimum absolute atomic E-state index is 0.0665. The van der Waals surface area contributed by atoms with Gasteiger partial charge in [0.15, 0.2) is 5.82 Å². The van der Waals surface area contributed by atoms with Crippen molar-refractivity contribution < 1.29 is 14.3 Å². The summed E-state index contributed by atoms with van der Waals surface area (Å²) in [5, 5.41) is 6.60. The third-order valence-electron chi connectivity index (χ3n) is 11.0. The number of fused-ring (bicyclic) bond motifs is 1. The summed E-state index contributed by atoms with van der Waals surface area (Å²) in [6.45, 7) is 6.73. The number of benzene rings is 1. The first-order valence-electron chi connectivity index (χ1n) is 17.6. The van der Waals surface area contributed by atoms with Crippen LogP contribution in [0.3, 0.4) is 0 Å². The van der Waals surface area contributed by atoms with Crippen LogP contribution in [0.25, 0.3) is 0 Å². The van der Waals surface area contributed by atoms with E-state index in [4.69, 9.17) is 9.72 Å². The number of rotatable bonds is 9. The molecule has 0 bridgehead atoms. The predicted molar refractivity (Wildman–Crippen MR) is 180 cm³/mol. The van der Waals surface area contributed by atoms with Gasteiger partial charge in [0.1, 0.15) is 11.4 Å². The maximum Gasteiger partial charge on any atom is 0.251 e. The largest absolute Gasteiger partial charge is 0.495 e. The molecule has 0 atom stereocenters. The molecule has 3 heterocycles. The summed E-state index contributed by atoms with van der Waals surface area (Å²) in [5.74, 6) is 2.75. The number of ether oxygens (including phenoxy) is 1. The van der Waals surface area contributed by atoms with E-state index >= 15 is 0 Å². The van der Waals surface area contributed by atoms with Crippen molar-refractivity contribution in [1.29, 1.82) is 0 Å². The van der Waals surface area contributed by atoms with Crippen LogP contribution >= 0.6 is 0 Å². The monoisotopic (exact) mass is 630 g/mol. The van der Waals surface area contributed by atoms with Crippen LogP contribution < -0.4 is 25.2 Å². The van der Waals surface area contributed by atoms with E-state index in [9.17, 15) is 9.59 Å². The van der Waals surface area contributed by atoms with Crippen LogP contribution in [-0.4, -0.2) is 103 Å². The van der Waals surface area contributed by atoms with Crippen molar-refractivity contribution in [3.63, 3.8) is 0 Å². The SMILES string of the molecule is COc1cc(C(=O)N[C@H]2CC[C@H](N3CCN(CC4CC4)CC3)CC2)ccc1Nc1ncc2c(n1)N(C1CCCC1)CCC(=O)N2C. The lowest BCUT2D eigenvalue weighted by Crippen LogP contribution is -2.52. The van der Waals surface area contributed by atoms with Crippen LogP contribution in [0.2, 0.25) is 0 Å². The zero-order chi connectivity index (χ0) is 31.6. The van der Waals surface area contributed by atoms with Crippen molar-refractivity contribution in [2.75, 3.05) is 68.5 Å². The number of aromatic nitrogens is 2. The first-order chi connectivity index (χ1) is 22.4. The third-order valence-corrected chi connectivity index (χ3v) is 11.0. The van der Waals surface area contributed by atoms with Gasteiger partial charge in [-0.2, -0.15) is 4.98 Å². The Morgan fingerprint density at radius 1 is 0.957 bits per heavy atom. The van der Waals surface area contributed by atoms with Gasteiger partial charge in [0.05, 0.1) is 19.0 Å². The van der Waals surface area contributed by atoms with E-state index in [2.05, 4.69) is 30.3 Å². The number of amides is 2. The number of hydrogen-bond donors (Lipinski definition) is 2. The molecule has 4 fully saturated rings. The van der Waals surface area contributed by atoms with E-state index in [-0.39, 0.29) is 17.9 Å². The number of methoxy groups -OCH3 is 1. The Bertz CT molecular complexity index is 1390. The fourth-order valence-corrected chi connectivity index (χ4v) is 7.96. The Morgan fingerprint density at radius 2 is 1.72 bits per heavy atom. The maximum atomic E-state index is 13.3. The van der Waals surface area contributed by atoms with E-state index in [0.29, 0.717) is 48.0 Å². The summed E-state index contributed by atoms with van der Waals surface area (Å²) in [7, 11) is 3.40. The molecule has 3 saturated carbocycles. The van der Waals surface area contributed by atoms with Gasteiger partial charge in [0, 0.05) is 76.4 Å². The summed E-state index contributed by atoms with van der Waals surface area (Å²) >= 11 is 0. The summed E-state index contributed by atoms with van der Waals surface area (Å²) in [4.78, 5) is 44.8. The van der Waals surface area contributed by atoms with Crippen molar-refractivity contribution in [3.8, 4) is 5.75 Å². The minimum Gasteiger partial charge on any atom is -0.495 e. The fourth-order valence-electron chi connectivity index (χ4n) is 7.96. The molecule has 0 unspecified atom stereocenters. The van der Waals surface area contributed by atoms with E-state index in [1.54, 1.807) is 31.3 Å². The van der Waals surface area contributed by atoms with Gasteiger partial charge in [-0.25, -0.2) is 4.98 Å². The molecule has 2 aliphatic heterocycles. The number of hydrogen-bond acceptors (Lipinski definition) is 9. The van der Waals surface area contributed by atoms with Crippen molar-refractivity contribution in [2.45, 2.75) is 88.8 Å². The molecule has 7 rings (SSSR count). The highest BCUT2D eigenvalue weighted by Gasteiger charge is 2.33. The Labute approximate surface area is 273 Å². The van der Waals surface area contributed by atoms with Crippen LogP contribution in [0, 0.1) is 5.92 Å². The second-order valence-electron chi connectivity index (χ2n) is 14.0. The first-order valence-corrected chi connectivity index (χ1v) is 17.6. The van der Waals surface area contributed by atoms with Gasteiger partial charge < -0.3 is 30.1 Å². The average Bonchev–Trinajstić information content (AvgIpc) is 3.76. The van der Waals surface area contributed by atoms with Crippen molar-refractivity contribution in [3.05, 3.63) is 30.0 Å². The molecule has 3 aliphatic carbocycles. The number of anilines is 4. The molecule has 11 heteroatoms. The second kappa shape index (κ2) is 13.7. The highest BCUT2D eigenvalue weighted by molar-refractivity contribution is 5.97. The summed E-state index contributed by atoms with van der Waals surface area (Å²) in [5.41, 5.74) is 1.99. The lowest BCUT2D eigenvalue weighted by Gasteiger charge is -2.42. The van der Waals surface area contributed by atoms with Gasteiger partial charge >= 0.3 is 0 Å². The zero-order valence-electron chi connectivity index (χ0n) is 27.5. The average molecular weight is 631 g/mol. The standard InChI is InChI=1S/C35H50N8O3/c1-40-30-22-36-35(39-33(30)43(16-15-32(40)44)28-5-3-4-6-28)38-29-14-9-25(21-31(29)46-2)34(45)37-26-10-12-27(13-11-26)42-19-17-41(18-20-42)23-24-7-8-24/h9,14,21-22,24,26-28H,3-8,10-13,15-20,23H2,1-2H3,(H,37,45)(H,36,38,39)/t26-,27-. The highest BCUT2D eigenvalue weighted by atomic mass is 16.5. The predicted octanol–water partition coefficient (Wildman–Crippen LogP) is 4.41.